The number of nitrogens with one attached hydrogen (secondary N) is 1. The van der Waals surface area contributed by atoms with Crippen LogP contribution in [0.5, 0.6) is 0 Å². The van der Waals surface area contributed by atoms with Gasteiger partial charge in [0.05, 0.1) is 12.2 Å². The van der Waals surface area contributed by atoms with E-state index in [1.54, 1.807) is 11.6 Å². The summed E-state index contributed by atoms with van der Waals surface area (Å²) in [4.78, 5) is 13.5. The van der Waals surface area contributed by atoms with Crippen molar-refractivity contribution in [2.24, 2.45) is 5.92 Å². The quantitative estimate of drug-likeness (QED) is 0.184. The molecule has 3 unspecified atom stereocenters. The minimum Gasteiger partial charge on any atom is -0.371 e. The van der Waals surface area contributed by atoms with Crippen LogP contribution in [-0.2, 0) is 16.1 Å². The SMILES string of the molecule is C=CC(C)CCC(CCN(CC)Cc1ccc(/C=C/C(=O)NO)cc1)OC(C)C=C. The third-order valence-corrected chi connectivity index (χ3v) is 5.22. The molecule has 0 bridgehead atoms. The highest BCUT2D eigenvalue weighted by molar-refractivity contribution is 5.90. The zero-order valence-corrected chi connectivity index (χ0v) is 18.7. The lowest BCUT2D eigenvalue weighted by atomic mass is 10.0. The highest BCUT2D eigenvalue weighted by Gasteiger charge is 2.15. The Morgan fingerprint density at radius 2 is 1.87 bits per heavy atom. The summed E-state index contributed by atoms with van der Waals surface area (Å²) in [6.45, 7) is 16.9. The molecule has 2 N–H and O–H groups in total. The van der Waals surface area contributed by atoms with Crippen molar-refractivity contribution in [3.63, 3.8) is 0 Å². The zero-order chi connectivity index (χ0) is 22.4. The maximum absolute atomic E-state index is 11.1. The Balaban J connectivity index is 2.62. The maximum atomic E-state index is 11.1. The number of hydrogen-bond acceptors (Lipinski definition) is 4. The van der Waals surface area contributed by atoms with Crippen LogP contribution in [0.15, 0.2) is 55.7 Å². The number of ether oxygens (including phenoxy) is 1. The Bertz CT molecular complexity index is 669. The van der Waals surface area contributed by atoms with E-state index in [0.717, 1.165) is 44.5 Å². The van der Waals surface area contributed by atoms with Gasteiger partial charge >= 0.3 is 0 Å². The first kappa shape index (κ1) is 25.8. The maximum Gasteiger partial charge on any atom is 0.267 e. The number of hydrogen-bond donors (Lipinski definition) is 2. The zero-order valence-electron chi connectivity index (χ0n) is 18.7. The molecule has 0 aliphatic carbocycles. The Morgan fingerprint density at radius 3 is 2.43 bits per heavy atom. The Labute approximate surface area is 182 Å². The van der Waals surface area contributed by atoms with Gasteiger partial charge in [-0.15, -0.1) is 13.2 Å². The van der Waals surface area contributed by atoms with Crippen LogP contribution >= 0.6 is 0 Å². The average Bonchev–Trinajstić information content (AvgIpc) is 2.78. The molecule has 5 heteroatoms. The minimum absolute atomic E-state index is 0.0534. The van der Waals surface area contributed by atoms with E-state index in [1.807, 2.05) is 31.2 Å². The summed E-state index contributed by atoms with van der Waals surface area (Å²) in [6.07, 6.45) is 10.1. The predicted molar refractivity (Wildman–Crippen MR) is 124 cm³/mol. The fraction of sp³-hybridized carbons (Fsp3) is 0.480. The second-order valence-electron chi connectivity index (χ2n) is 7.70. The molecule has 0 aliphatic rings. The number of nitrogens with zero attached hydrogens (tertiary/aromatic N) is 1. The number of amides is 1. The van der Waals surface area contributed by atoms with E-state index in [2.05, 4.69) is 44.0 Å². The predicted octanol–water partition coefficient (Wildman–Crippen LogP) is 4.98. The highest BCUT2D eigenvalue weighted by Crippen LogP contribution is 2.17. The van der Waals surface area contributed by atoms with Crippen LogP contribution < -0.4 is 5.48 Å². The number of carbonyl (C=O) groups excluding carboxylic acids is 1. The average molecular weight is 415 g/mol. The summed E-state index contributed by atoms with van der Waals surface area (Å²) in [5, 5.41) is 8.53. The van der Waals surface area contributed by atoms with Crippen molar-refractivity contribution in [3.8, 4) is 0 Å². The van der Waals surface area contributed by atoms with Crippen molar-refractivity contribution in [1.82, 2.24) is 10.4 Å². The van der Waals surface area contributed by atoms with Crippen LogP contribution in [0, 0.1) is 5.92 Å². The Morgan fingerprint density at radius 1 is 1.17 bits per heavy atom. The smallest absolute Gasteiger partial charge is 0.267 e. The van der Waals surface area contributed by atoms with Gasteiger partial charge in [0.2, 0.25) is 0 Å². The molecule has 0 spiro atoms. The minimum atomic E-state index is -0.540. The van der Waals surface area contributed by atoms with Crippen molar-refractivity contribution in [3.05, 3.63) is 66.8 Å². The normalized spacial score (nSPS) is 14.4. The van der Waals surface area contributed by atoms with Gasteiger partial charge in [-0.1, -0.05) is 50.3 Å². The number of benzene rings is 1. The molecule has 1 aromatic rings. The topological polar surface area (TPSA) is 61.8 Å². The molecule has 0 radical (unpaired) electrons. The van der Waals surface area contributed by atoms with Crippen LogP contribution in [0.1, 0.15) is 51.2 Å². The summed E-state index contributed by atoms with van der Waals surface area (Å²) in [5.74, 6) is -0.0466. The third-order valence-electron chi connectivity index (χ3n) is 5.22. The van der Waals surface area contributed by atoms with Gasteiger partial charge < -0.3 is 4.74 Å². The Hall–Kier alpha value is -2.21. The summed E-state index contributed by atoms with van der Waals surface area (Å²) in [6, 6.07) is 8.08. The second-order valence-corrected chi connectivity index (χ2v) is 7.70. The van der Waals surface area contributed by atoms with Crippen molar-refractivity contribution in [2.75, 3.05) is 13.1 Å². The van der Waals surface area contributed by atoms with Crippen molar-refractivity contribution < 1.29 is 14.7 Å². The fourth-order valence-corrected chi connectivity index (χ4v) is 3.08. The molecule has 5 nitrogen and oxygen atoms in total. The fourth-order valence-electron chi connectivity index (χ4n) is 3.08. The van der Waals surface area contributed by atoms with E-state index in [9.17, 15) is 4.79 Å². The molecular formula is C25H38N2O3. The van der Waals surface area contributed by atoms with Crippen LogP contribution in [0.4, 0.5) is 0 Å². The third kappa shape index (κ3) is 10.5. The first-order chi connectivity index (χ1) is 14.4. The lowest BCUT2D eigenvalue weighted by Crippen LogP contribution is -2.29. The van der Waals surface area contributed by atoms with E-state index < -0.39 is 5.91 Å². The van der Waals surface area contributed by atoms with E-state index in [1.165, 1.54) is 11.6 Å². The molecule has 0 saturated carbocycles. The van der Waals surface area contributed by atoms with E-state index in [-0.39, 0.29) is 12.2 Å². The van der Waals surface area contributed by atoms with Crippen LogP contribution in [0.25, 0.3) is 6.08 Å². The number of carbonyl (C=O) groups is 1. The summed E-state index contributed by atoms with van der Waals surface area (Å²) >= 11 is 0. The Kier molecular flexibility index (Phi) is 12.7. The van der Waals surface area contributed by atoms with Gasteiger partial charge in [0.25, 0.3) is 5.91 Å². The highest BCUT2D eigenvalue weighted by atomic mass is 16.5. The van der Waals surface area contributed by atoms with E-state index in [0.29, 0.717) is 5.92 Å². The van der Waals surface area contributed by atoms with Crippen LogP contribution in [-0.4, -0.2) is 41.3 Å². The van der Waals surface area contributed by atoms with Crippen molar-refractivity contribution in [1.29, 1.82) is 0 Å². The van der Waals surface area contributed by atoms with Crippen LogP contribution in [0.3, 0.4) is 0 Å². The molecule has 0 aromatic heterocycles. The molecular weight excluding hydrogens is 376 g/mol. The first-order valence-electron chi connectivity index (χ1n) is 10.8. The molecule has 1 rings (SSSR count). The molecule has 1 aromatic carbocycles. The lowest BCUT2D eigenvalue weighted by molar-refractivity contribution is -0.124. The van der Waals surface area contributed by atoms with E-state index >= 15 is 0 Å². The van der Waals surface area contributed by atoms with Gasteiger partial charge in [-0.2, -0.15) is 0 Å². The number of rotatable bonds is 15. The standard InChI is InChI=1S/C25H38N2O3/c1-6-20(4)9-15-24(30-21(5)7-2)17-18-27(8-3)19-23-12-10-22(11-13-23)14-16-25(28)26-29/h6-7,10-14,16,20-21,24,29H,1-2,8-9,15,17-19H2,3-5H3,(H,26,28)/b16-14+. The van der Waals surface area contributed by atoms with Gasteiger partial charge in [-0.25, -0.2) is 5.48 Å². The van der Waals surface area contributed by atoms with Crippen LogP contribution in [0.2, 0.25) is 0 Å². The first-order valence-corrected chi connectivity index (χ1v) is 10.8. The summed E-state index contributed by atoms with van der Waals surface area (Å²) in [5.41, 5.74) is 3.72. The number of allylic oxidation sites excluding steroid dienone is 1. The van der Waals surface area contributed by atoms with Crippen molar-refractivity contribution >= 4 is 12.0 Å². The van der Waals surface area contributed by atoms with Gasteiger partial charge in [0, 0.05) is 19.2 Å². The molecule has 30 heavy (non-hydrogen) atoms. The summed E-state index contributed by atoms with van der Waals surface area (Å²) in [7, 11) is 0. The molecule has 1 amide bonds. The molecule has 166 valence electrons. The van der Waals surface area contributed by atoms with Gasteiger partial charge in [-0.05, 0) is 55.9 Å². The van der Waals surface area contributed by atoms with Crippen molar-refractivity contribution in [2.45, 2.75) is 58.8 Å². The number of hydroxylamine groups is 1. The molecule has 0 heterocycles. The molecule has 3 atom stereocenters. The molecule has 0 aliphatic heterocycles. The lowest BCUT2D eigenvalue weighted by Gasteiger charge is -2.26. The van der Waals surface area contributed by atoms with Gasteiger partial charge in [-0.3, -0.25) is 14.9 Å². The van der Waals surface area contributed by atoms with E-state index in [4.69, 9.17) is 9.94 Å². The second kappa shape index (κ2) is 14.7. The van der Waals surface area contributed by atoms with Gasteiger partial charge in [0.15, 0.2) is 0 Å². The summed E-state index contributed by atoms with van der Waals surface area (Å²) < 4.78 is 6.17. The molecule has 0 fully saturated rings. The largest absolute Gasteiger partial charge is 0.371 e. The molecule has 0 saturated heterocycles. The monoisotopic (exact) mass is 414 g/mol. The van der Waals surface area contributed by atoms with Gasteiger partial charge in [0.1, 0.15) is 0 Å².